The molecule has 7 heteroatoms. The molecule has 0 amide bonds. The first-order valence-corrected chi connectivity index (χ1v) is 11.6. The fraction of sp³-hybridized carbons (Fsp3) is 0.385. The molecule has 0 spiro atoms. The zero-order chi connectivity index (χ0) is 23.7. The van der Waals surface area contributed by atoms with Gasteiger partial charge in [-0.05, 0) is 69.0 Å². The number of nitrogens with one attached hydrogen (secondary N) is 3. The zero-order valence-corrected chi connectivity index (χ0v) is 20.0. The number of benzene rings is 1. The van der Waals surface area contributed by atoms with Crippen LogP contribution < -0.4 is 10.9 Å². The van der Waals surface area contributed by atoms with Crippen LogP contribution in [0.1, 0.15) is 67.4 Å². The van der Waals surface area contributed by atoms with Crippen LogP contribution in [0.3, 0.4) is 0 Å². The topological polar surface area (TPSA) is 98.7 Å². The Hall–Kier alpha value is -3.16. The molecule has 1 aromatic carbocycles. The number of nitrogens with zero attached hydrogens (tertiary/aromatic N) is 2. The van der Waals surface area contributed by atoms with Crippen molar-refractivity contribution in [3.8, 4) is 11.1 Å². The maximum Gasteiger partial charge on any atom is 0.252 e. The van der Waals surface area contributed by atoms with Gasteiger partial charge in [-0.25, -0.2) is 0 Å². The molecule has 7 nitrogen and oxygen atoms in total. The van der Waals surface area contributed by atoms with E-state index in [0.29, 0.717) is 5.56 Å². The highest BCUT2D eigenvalue weighted by Gasteiger charge is 2.20. The van der Waals surface area contributed by atoms with Gasteiger partial charge in [-0.1, -0.05) is 13.3 Å². The number of rotatable bonds is 8. The number of pyridine rings is 1. The molecule has 0 saturated carbocycles. The highest BCUT2D eigenvalue weighted by Crippen LogP contribution is 2.35. The van der Waals surface area contributed by atoms with Crippen LogP contribution in [0.2, 0.25) is 0 Å². The van der Waals surface area contributed by atoms with Crippen molar-refractivity contribution in [1.29, 1.82) is 0 Å². The smallest absolute Gasteiger partial charge is 0.252 e. The molecular weight excluding hydrogens is 414 g/mol. The van der Waals surface area contributed by atoms with Crippen LogP contribution in [0.15, 0.2) is 41.6 Å². The average molecular weight is 448 g/mol. The maximum atomic E-state index is 12.6. The summed E-state index contributed by atoms with van der Waals surface area (Å²) in [6, 6.07) is 6.46. The van der Waals surface area contributed by atoms with E-state index in [4.69, 9.17) is 0 Å². The number of hydrogen-bond donors (Lipinski definition) is 4. The van der Waals surface area contributed by atoms with Crippen molar-refractivity contribution in [3.05, 3.63) is 75.1 Å². The van der Waals surface area contributed by atoms with Gasteiger partial charge in [0.05, 0.1) is 6.20 Å². The molecule has 4 rings (SSSR count). The van der Waals surface area contributed by atoms with Gasteiger partial charge in [0.2, 0.25) is 0 Å². The number of aromatic amines is 2. The molecule has 174 valence electrons. The number of fused-ring (bicyclic) bond motifs is 1. The van der Waals surface area contributed by atoms with Gasteiger partial charge in [0.15, 0.2) is 0 Å². The van der Waals surface area contributed by atoms with Crippen molar-refractivity contribution >= 4 is 10.9 Å². The van der Waals surface area contributed by atoms with Gasteiger partial charge in [-0.15, -0.1) is 0 Å². The fourth-order valence-electron chi connectivity index (χ4n) is 4.62. The molecule has 0 aliphatic rings. The largest absolute Gasteiger partial charge is 0.374 e. The molecule has 3 aromatic heterocycles. The van der Waals surface area contributed by atoms with Crippen molar-refractivity contribution in [3.63, 3.8) is 0 Å². The molecule has 4 N–H and O–H groups in total. The lowest BCUT2D eigenvalue weighted by Crippen LogP contribution is -2.27. The Bertz CT molecular complexity index is 1310. The first-order valence-electron chi connectivity index (χ1n) is 11.6. The fourth-order valence-corrected chi connectivity index (χ4v) is 4.62. The van der Waals surface area contributed by atoms with Gasteiger partial charge >= 0.3 is 0 Å². The van der Waals surface area contributed by atoms with Crippen LogP contribution >= 0.6 is 0 Å². The predicted octanol–water partition coefficient (Wildman–Crippen LogP) is 4.65. The summed E-state index contributed by atoms with van der Waals surface area (Å²) >= 11 is 0. The Kier molecular flexibility index (Phi) is 6.54. The van der Waals surface area contributed by atoms with Gasteiger partial charge in [-0.3, -0.25) is 15.2 Å². The second kappa shape index (κ2) is 9.37. The Labute approximate surface area is 193 Å². The third kappa shape index (κ3) is 4.51. The molecule has 3 heterocycles. The lowest BCUT2D eigenvalue weighted by molar-refractivity contribution is 0.138. The first kappa shape index (κ1) is 23.0. The Morgan fingerprint density at radius 3 is 2.64 bits per heavy atom. The predicted molar refractivity (Wildman–Crippen MR) is 132 cm³/mol. The normalized spacial score (nSPS) is 12.7. The average Bonchev–Trinajstić information content (AvgIpc) is 3.41. The van der Waals surface area contributed by atoms with E-state index in [1.165, 1.54) is 0 Å². The number of aryl methyl sites for hydroxylation is 3. The third-order valence-electron chi connectivity index (χ3n) is 6.19. The summed E-state index contributed by atoms with van der Waals surface area (Å²) in [6.07, 6.45) is 6.61. The summed E-state index contributed by atoms with van der Waals surface area (Å²) in [4.78, 5) is 15.5. The van der Waals surface area contributed by atoms with Crippen molar-refractivity contribution in [2.45, 2.75) is 66.3 Å². The van der Waals surface area contributed by atoms with Crippen LogP contribution in [0.25, 0.3) is 22.0 Å². The molecule has 1 unspecified atom stereocenters. The third-order valence-corrected chi connectivity index (χ3v) is 6.19. The minimum Gasteiger partial charge on any atom is -0.374 e. The number of hydrogen-bond acceptors (Lipinski definition) is 4. The van der Waals surface area contributed by atoms with Crippen molar-refractivity contribution < 1.29 is 5.11 Å². The summed E-state index contributed by atoms with van der Waals surface area (Å²) in [5.41, 5.74) is 7.36. The van der Waals surface area contributed by atoms with Crippen molar-refractivity contribution in [1.82, 2.24) is 25.1 Å². The molecule has 0 radical (unpaired) electrons. The van der Waals surface area contributed by atoms with Gasteiger partial charge in [0.25, 0.3) is 5.56 Å². The van der Waals surface area contributed by atoms with Crippen LogP contribution in [-0.2, 0) is 13.0 Å². The molecule has 0 saturated heterocycles. The molecule has 0 bridgehead atoms. The van der Waals surface area contributed by atoms with Crippen molar-refractivity contribution in [2.75, 3.05) is 0 Å². The molecular formula is C26H33N5O2. The molecule has 0 aliphatic heterocycles. The van der Waals surface area contributed by atoms with Crippen LogP contribution in [0.5, 0.6) is 0 Å². The van der Waals surface area contributed by atoms with Gasteiger partial charge in [-0.2, -0.15) is 5.10 Å². The van der Waals surface area contributed by atoms with Crippen molar-refractivity contribution in [2.24, 2.45) is 0 Å². The number of aliphatic hydroxyl groups is 1. The van der Waals surface area contributed by atoms with E-state index < -0.39 is 6.23 Å². The summed E-state index contributed by atoms with van der Waals surface area (Å²) < 4.78 is 2.23. The minimum atomic E-state index is -0.934. The van der Waals surface area contributed by atoms with Gasteiger partial charge in [0.1, 0.15) is 6.23 Å². The SMILES string of the molecule is CCCc1cc(C)[nH]c(=O)c1CNC(O)c1cc(-c2cn[nH]c2)cc2c1c(C)cn2C(C)C. The second-order valence-corrected chi connectivity index (χ2v) is 9.08. The Morgan fingerprint density at radius 1 is 1.18 bits per heavy atom. The van der Waals surface area contributed by atoms with Gasteiger partial charge < -0.3 is 14.7 Å². The Morgan fingerprint density at radius 2 is 1.97 bits per heavy atom. The van der Waals surface area contributed by atoms with Gasteiger partial charge in [0, 0.05) is 58.3 Å². The van der Waals surface area contributed by atoms with Crippen LogP contribution in [0.4, 0.5) is 0 Å². The lowest BCUT2D eigenvalue weighted by Gasteiger charge is -2.18. The van der Waals surface area contributed by atoms with E-state index in [2.05, 4.69) is 65.0 Å². The summed E-state index contributed by atoms with van der Waals surface area (Å²) in [5.74, 6) is 0. The minimum absolute atomic E-state index is 0.0995. The van der Waals surface area contributed by atoms with E-state index in [1.54, 1.807) is 6.20 Å². The van der Waals surface area contributed by atoms with Crippen LogP contribution in [0, 0.1) is 13.8 Å². The highest BCUT2D eigenvalue weighted by molar-refractivity contribution is 5.91. The first-order chi connectivity index (χ1) is 15.8. The summed E-state index contributed by atoms with van der Waals surface area (Å²) in [7, 11) is 0. The molecule has 33 heavy (non-hydrogen) atoms. The van der Waals surface area contributed by atoms with Crippen LogP contribution in [-0.4, -0.2) is 24.9 Å². The number of H-pyrrole nitrogens is 2. The van der Waals surface area contributed by atoms with E-state index in [0.717, 1.165) is 57.3 Å². The van der Waals surface area contributed by atoms with E-state index in [-0.39, 0.29) is 18.1 Å². The Balaban J connectivity index is 1.76. The number of aliphatic hydroxyl groups excluding tert-OH is 1. The monoisotopic (exact) mass is 447 g/mol. The highest BCUT2D eigenvalue weighted by atomic mass is 16.3. The zero-order valence-electron chi connectivity index (χ0n) is 20.0. The quantitative estimate of drug-likeness (QED) is 0.296. The van der Waals surface area contributed by atoms with E-state index >= 15 is 0 Å². The standard InChI is InChI=1S/C26H33N5O2/c1-6-7-18-8-17(5)30-26(33)22(18)13-27-25(32)21-9-19(20-11-28-29-12-20)10-23-24(21)16(4)14-31(23)15(2)3/h8-12,14-15,25,27,32H,6-7,13H2,1-5H3,(H,28,29)(H,30,33). The molecule has 4 aromatic rings. The second-order valence-electron chi connectivity index (χ2n) is 9.08. The maximum absolute atomic E-state index is 12.6. The lowest BCUT2D eigenvalue weighted by atomic mass is 9.98. The summed E-state index contributed by atoms with van der Waals surface area (Å²) in [5, 5.41) is 22.5. The van der Waals surface area contributed by atoms with E-state index in [9.17, 15) is 9.90 Å². The molecule has 0 aliphatic carbocycles. The molecule has 1 atom stereocenters. The molecule has 0 fully saturated rings. The van der Waals surface area contributed by atoms with E-state index in [1.807, 2.05) is 25.3 Å². The summed E-state index contributed by atoms with van der Waals surface area (Å²) in [6.45, 7) is 10.6. The number of aromatic nitrogens is 4.